The van der Waals surface area contributed by atoms with E-state index in [-0.39, 0.29) is 6.61 Å². The molecule has 33 heavy (non-hydrogen) atoms. The van der Waals surface area contributed by atoms with Gasteiger partial charge in [0.05, 0.1) is 18.8 Å². The first-order valence-electron chi connectivity index (χ1n) is 15.3. The van der Waals surface area contributed by atoms with Crippen LogP contribution in [0.15, 0.2) is 0 Å². The number of rotatable bonds is 28. The summed E-state index contributed by atoms with van der Waals surface area (Å²) in [6.07, 6.45) is 35.2. The summed E-state index contributed by atoms with van der Waals surface area (Å²) in [6.45, 7) is 2.17. The Balaban J connectivity index is 3.06. The predicted molar refractivity (Wildman–Crippen MR) is 147 cm³/mol. The highest BCUT2D eigenvalue weighted by Gasteiger charge is 2.12. The van der Waals surface area contributed by atoms with Crippen LogP contribution in [0.5, 0.6) is 0 Å². The molecule has 0 aromatic carbocycles. The first kappa shape index (κ1) is 32.9. The molecule has 0 fully saturated rings. The summed E-state index contributed by atoms with van der Waals surface area (Å²) in [5.41, 5.74) is 5.62. The number of aliphatic hydroxyl groups excluding tert-OH is 2. The number of hydrogen-bond acceptors (Lipinski definition) is 3. The fourth-order valence-electron chi connectivity index (χ4n) is 4.83. The van der Waals surface area contributed by atoms with Crippen molar-refractivity contribution < 1.29 is 10.2 Å². The van der Waals surface area contributed by atoms with E-state index in [1.54, 1.807) is 0 Å². The molecule has 0 rings (SSSR count). The fourth-order valence-corrected chi connectivity index (χ4v) is 4.83. The number of unbranched alkanes of at least 4 members (excludes halogenated alkanes) is 24. The lowest BCUT2D eigenvalue weighted by molar-refractivity contribution is 0.0990. The number of aliphatic hydroxyl groups is 2. The summed E-state index contributed by atoms with van der Waals surface area (Å²) in [4.78, 5) is 0. The molecule has 3 heteroatoms. The molecule has 0 amide bonds. The molecule has 0 bridgehead atoms. The van der Waals surface area contributed by atoms with Crippen LogP contribution >= 0.6 is 0 Å². The molecule has 0 saturated carbocycles. The van der Waals surface area contributed by atoms with Crippen molar-refractivity contribution in [2.75, 3.05) is 6.61 Å². The first-order chi connectivity index (χ1) is 16.2. The molecule has 0 aliphatic carbocycles. The van der Waals surface area contributed by atoms with E-state index in [0.29, 0.717) is 0 Å². The minimum absolute atomic E-state index is 0.124. The highest BCUT2D eigenvalue weighted by Crippen LogP contribution is 2.16. The third-order valence-electron chi connectivity index (χ3n) is 7.31. The second-order valence-corrected chi connectivity index (χ2v) is 10.7. The largest absolute Gasteiger partial charge is 0.395 e. The predicted octanol–water partition coefficient (Wildman–Crippen LogP) is 8.83. The van der Waals surface area contributed by atoms with Gasteiger partial charge in [-0.3, -0.25) is 0 Å². The van der Waals surface area contributed by atoms with Crippen LogP contribution in [-0.4, -0.2) is 29.0 Å². The smallest absolute Gasteiger partial charge is 0.0713 e. The van der Waals surface area contributed by atoms with Crippen molar-refractivity contribution in [2.45, 2.75) is 186 Å². The maximum atomic E-state index is 9.72. The molecular weight excluding hydrogens is 406 g/mol. The molecule has 0 spiro atoms. The van der Waals surface area contributed by atoms with Crippen LogP contribution < -0.4 is 5.73 Å². The van der Waals surface area contributed by atoms with E-state index in [0.717, 1.165) is 12.8 Å². The highest BCUT2D eigenvalue weighted by molar-refractivity contribution is 4.70. The highest BCUT2D eigenvalue weighted by atomic mass is 16.3. The lowest BCUT2D eigenvalue weighted by atomic mass is 10.0. The van der Waals surface area contributed by atoms with Gasteiger partial charge in [-0.2, -0.15) is 0 Å². The summed E-state index contributed by atoms with van der Waals surface area (Å²) < 4.78 is 0. The van der Waals surface area contributed by atoms with Crippen LogP contribution in [0.3, 0.4) is 0 Å². The van der Waals surface area contributed by atoms with Gasteiger partial charge >= 0.3 is 0 Å². The summed E-state index contributed by atoms with van der Waals surface area (Å²) in [6, 6.07) is -0.473. The zero-order valence-electron chi connectivity index (χ0n) is 22.7. The van der Waals surface area contributed by atoms with Crippen LogP contribution in [0.4, 0.5) is 0 Å². The second kappa shape index (κ2) is 28.1. The SMILES string of the molecule is CCCCCCCCCCCCCCCCCCCCCCCCCCC[C@@H](O)[C@@H](N)CO. The summed E-state index contributed by atoms with van der Waals surface area (Å²) in [7, 11) is 0. The molecule has 4 N–H and O–H groups in total. The second-order valence-electron chi connectivity index (χ2n) is 10.7. The van der Waals surface area contributed by atoms with Crippen LogP contribution in [0.1, 0.15) is 174 Å². The Labute approximate surface area is 208 Å². The van der Waals surface area contributed by atoms with Crippen molar-refractivity contribution in [3.8, 4) is 0 Å². The van der Waals surface area contributed by atoms with Gasteiger partial charge in [0.25, 0.3) is 0 Å². The van der Waals surface area contributed by atoms with Gasteiger partial charge in [-0.1, -0.05) is 167 Å². The zero-order chi connectivity index (χ0) is 24.2. The Morgan fingerprint density at radius 1 is 0.455 bits per heavy atom. The Morgan fingerprint density at radius 2 is 0.697 bits per heavy atom. The van der Waals surface area contributed by atoms with Crippen molar-refractivity contribution in [1.82, 2.24) is 0 Å². The maximum absolute atomic E-state index is 9.72. The fraction of sp³-hybridized carbons (Fsp3) is 1.00. The average molecular weight is 470 g/mol. The molecule has 2 atom stereocenters. The van der Waals surface area contributed by atoms with Crippen molar-refractivity contribution in [3.63, 3.8) is 0 Å². The molecule has 0 aliphatic rings. The van der Waals surface area contributed by atoms with Crippen molar-refractivity contribution in [2.24, 2.45) is 5.73 Å². The van der Waals surface area contributed by atoms with Gasteiger partial charge < -0.3 is 15.9 Å². The quantitative estimate of drug-likeness (QED) is 0.100. The van der Waals surface area contributed by atoms with Gasteiger partial charge in [0.1, 0.15) is 0 Å². The molecule has 200 valence electrons. The molecule has 0 saturated heterocycles. The molecule has 0 heterocycles. The summed E-state index contributed by atoms with van der Waals surface area (Å²) >= 11 is 0. The Kier molecular flexibility index (Phi) is 28.0. The molecule has 0 aromatic heterocycles. The van der Waals surface area contributed by atoms with Gasteiger partial charge in [0.2, 0.25) is 0 Å². The number of hydrogen-bond donors (Lipinski definition) is 3. The Bertz CT molecular complexity index is 350. The van der Waals surface area contributed by atoms with Crippen molar-refractivity contribution in [1.29, 1.82) is 0 Å². The van der Waals surface area contributed by atoms with E-state index < -0.39 is 12.1 Å². The van der Waals surface area contributed by atoms with Crippen LogP contribution in [0, 0.1) is 0 Å². The monoisotopic (exact) mass is 469 g/mol. The summed E-state index contributed by atoms with van der Waals surface area (Å²) in [5.74, 6) is 0. The average Bonchev–Trinajstić information content (AvgIpc) is 2.83. The molecule has 0 aliphatic heterocycles. The van der Waals surface area contributed by atoms with Gasteiger partial charge in [-0.25, -0.2) is 0 Å². The van der Waals surface area contributed by atoms with Crippen LogP contribution in [0.2, 0.25) is 0 Å². The standard InChI is InChI=1S/C30H63NO2/c1-2-3-4-5-6-7-8-9-10-11-12-13-14-15-16-17-18-19-20-21-22-23-24-25-26-27-30(33)29(31)28-32/h29-30,32-33H,2-28,31H2,1H3/t29-,30+/m0/s1. The van der Waals surface area contributed by atoms with Crippen molar-refractivity contribution >= 4 is 0 Å². The Hall–Kier alpha value is -0.120. The van der Waals surface area contributed by atoms with Crippen LogP contribution in [-0.2, 0) is 0 Å². The normalized spacial score (nSPS) is 13.5. The first-order valence-corrected chi connectivity index (χ1v) is 15.3. The van der Waals surface area contributed by atoms with Gasteiger partial charge in [-0.15, -0.1) is 0 Å². The van der Waals surface area contributed by atoms with E-state index in [9.17, 15) is 5.11 Å². The number of nitrogens with two attached hydrogens (primary N) is 1. The van der Waals surface area contributed by atoms with E-state index >= 15 is 0 Å². The molecule has 0 radical (unpaired) electrons. The topological polar surface area (TPSA) is 66.5 Å². The van der Waals surface area contributed by atoms with Gasteiger partial charge in [-0.05, 0) is 6.42 Å². The third-order valence-corrected chi connectivity index (χ3v) is 7.31. The van der Waals surface area contributed by atoms with E-state index in [1.807, 2.05) is 0 Å². The molecule has 0 unspecified atom stereocenters. The van der Waals surface area contributed by atoms with E-state index in [2.05, 4.69) is 6.92 Å². The maximum Gasteiger partial charge on any atom is 0.0713 e. The minimum Gasteiger partial charge on any atom is -0.395 e. The van der Waals surface area contributed by atoms with Gasteiger partial charge in [0, 0.05) is 0 Å². The molecule has 0 aromatic rings. The minimum atomic E-state index is -0.542. The lowest BCUT2D eigenvalue weighted by Gasteiger charge is -2.15. The molecular formula is C30H63NO2. The van der Waals surface area contributed by atoms with Crippen LogP contribution in [0.25, 0.3) is 0 Å². The lowest BCUT2D eigenvalue weighted by Crippen LogP contribution is -2.37. The zero-order valence-corrected chi connectivity index (χ0v) is 22.7. The Morgan fingerprint density at radius 3 is 0.939 bits per heavy atom. The summed E-state index contributed by atoms with van der Waals surface area (Å²) in [5, 5.41) is 18.6. The van der Waals surface area contributed by atoms with E-state index in [4.69, 9.17) is 10.8 Å². The van der Waals surface area contributed by atoms with Crippen molar-refractivity contribution in [3.05, 3.63) is 0 Å². The van der Waals surface area contributed by atoms with Gasteiger partial charge in [0.15, 0.2) is 0 Å². The van der Waals surface area contributed by atoms with E-state index in [1.165, 1.54) is 154 Å². The third kappa shape index (κ3) is 26.3. The molecule has 3 nitrogen and oxygen atoms in total.